The molecule has 2 aromatic rings. The highest BCUT2D eigenvalue weighted by Gasteiger charge is 2.35. The molecule has 2 N–H and O–H groups in total. The maximum atomic E-state index is 13.0. The predicted octanol–water partition coefficient (Wildman–Crippen LogP) is 2.01. The van der Waals surface area contributed by atoms with Gasteiger partial charge in [0, 0.05) is 32.6 Å². The average molecular weight is 395 g/mol. The summed E-state index contributed by atoms with van der Waals surface area (Å²) < 4.78 is 27.2. The Balaban J connectivity index is 1.42. The van der Waals surface area contributed by atoms with Crippen molar-refractivity contribution >= 4 is 32.6 Å². The molecule has 146 valence electrons. The first-order valence-electron chi connectivity index (χ1n) is 9.26. The maximum absolute atomic E-state index is 13.0. The molecule has 27 heavy (non-hydrogen) atoms. The molecular weight excluding hydrogens is 372 g/mol. The number of carbonyl (C=O) groups is 1. The number of hydrogen-bond donors (Lipinski definition) is 2. The minimum Gasteiger partial charge on any atom is -0.345 e. The number of rotatable bonds is 4. The number of amides is 1. The number of thiazole rings is 1. The van der Waals surface area contributed by atoms with Crippen molar-refractivity contribution in [3.63, 3.8) is 0 Å². The highest BCUT2D eigenvalue weighted by Crippen LogP contribution is 2.31. The van der Waals surface area contributed by atoms with Gasteiger partial charge in [-0.2, -0.15) is 0 Å². The minimum atomic E-state index is -2.55. The number of carbonyl (C=O) groups excluding carboxylic acids is 1. The second-order valence-electron chi connectivity index (χ2n) is 6.92. The van der Waals surface area contributed by atoms with Crippen molar-refractivity contribution in [1.82, 2.24) is 20.5 Å². The fourth-order valence-electron chi connectivity index (χ4n) is 3.66. The van der Waals surface area contributed by atoms with Crippen LogP contribution in [0.4, 0.5) is 13.9 Å². The Hall–Kier alpha value is -1.84. The van der Waals surface area contributed by atoms with E-state index < -0.39 is 18.8 Å². The number of fused-ring (bicyclic) bond motifs is 1. The van der Waals surface area contributed by atoms with Gasteiger partial charge in [-0.25, -0.2) is 13.8 Å². The van der Waals surface area contributed by atoms with Gasteiger partial charge in [-0.1, -0.05) is 30.4 Å². The summed E-state index contributed by atoms with van der Waals surface area (Å²) in [4.78, 5) is 20.8. The van der Waals surface area contributed by atoms with E-state index in [0.717, 1.165) is 30.2 Å². The fraction of sp³-hybridized carbons (Fsp3) is 0.556. The van der Waals surface area contributed by atoms with Crippen molar-refractivity contribution in [2.75, 3.05) is 31.1 Å². The molecule has 1 aromatic heterocycles. The van der Waals surface area contributed by atoms with Gasteiger partial charge in [-0.05, 0) is 18.1 Å². The van der Waals surface area contributed by atoms with Crippen LogP contribution in [0.25, 0.3) is 10.2 Å². The second-order valence-corrected chi connectivity index (χ2v) is 7.93. The lowest BCUT2D eigenvalue weighted by molar-refractivity contribution is -0.129. The number of para-hydroxylation sites is 1. The van der Waals surface area contributed by atoms with Crippen LogP contribution in [0.1, 0.15) is 18.9 Å². The Morgan fingerprint density at radius 2 is 2.07 bits per heavy atom. The average Bonchev–Trinajstić information content (AvgIpc) is 3.12. The number of nitrogens with one attached hydrogen (secondary N) is 2. The molecule has 0 saturated carbocycles. The number of aryl methyl sites for hydroxylation is 1. The molecule has 1 amide bonds. The third-order valence-electron chi connectivity index (χ3n) is 5.20. The summed E-state index contributed by atoms with van der Waals surface area (Å²) in [5.41, 5.74) is 2.32. The van der Waals surface area contributed by atoms with E-state index in [9.17, 15) is 13.6 Å². The van der Waals surface area contributed by atoms with Crippen molar-refractivity contribution in [3.8, 4) is 0 Å². The summed E-state index contributed by atoms with van der Waals surface area (Å²) >= 11 is 1.69. The lowest BCUT2D eigenvalue weighted by atomic mass is 10.1. The summed E-state index contributed by atoms with van der Waals surface area (Å²) in [7, 11) is 0. The Labute approximate surface area is 160 Å². The van der Waals surface area contributed by atoms with E-state index in [0.29, 0.717) is 13.1 Å². The molecular formula is C18H23F2N5OS. The van der Waals surface area contributed by atoms with Gasteiger partial charge < -0.3 is 10.2 Å². The molecule has 0 aliphatic carbocycles. The molecule has 2 saturated heterocycles. The number of halogens is 2. The second kappa shape index (κ2) is 7.65. The zero-order valence-corrected chi connectivity index (χ0v) is 15.9. The topological polar surface area (TPSA) is 60.5 Å². The molecule has 2 unspecified atom stereocenters. The van der Waals surface area contributed by atoms with Crippen LogP contribution in [0, 0.1) is 0 Å². The summed E-state index contributed by atoms with van der Waals surface area (Å²) in [6.07, 6.45) is -2.31. The van der Waals surface area contributed by atoms with Crippen LogP contribution in [0.2, 0.25) is 0 Å². The molecule has 1 aromatic carbocycles. The van der Waals surface area contributed by atoms with E-state index >= 15 is 0 Å². The SMILES string of the molecule is CCc1cccc2sc(N3CCN(C4NC(=O)CC(C(F)F)N4)CC3)nc12. The van der Waals surface area contributed by atoms with E-state index in [1.165, 1.54) is 10.3 Å². The molecule has 4 rings (SSSR count). The van der Waals surface area contributed by atoms with Crippen molar-refractivity contribution in [1.29, 1.82) is 0 Å². The normalized spacial score (nSPS) is 24.6. The minimum absolute atomic E-state index is 0.181. The van der Waals surface area contributed by atoms with Gasteiger partial charge in [-0.3, -0.25) is 15.0 Å². The highest BCUT2D eigenvalue weighted by molar-refractivity contribution is 7.22. The van der Waals surface area contributed by atoms with E-state index in [2.05, 4.69) is 40.7 Å². The van der Waals surface area contributed by atoms with Crippen LogP contribution in [0.3, 0.4) is 0 Å². The summed E-state index contributed by atoms with van der Waals surface area (Å²) in [6.45, 7) is 4.96. The van der Waals surface area contributed by atoms with Gasteiger partial charge in [-0.15, -0.1) is 0 Å². The van der Waals surface area contributed by atoms with Crippen LogP contribution in [-0.4, -0.2) is 60.7 Å². The molecule has 6 nitrogen and oxygen atoms in total. The first kappa shape index (κ1) is 18.5. The van der Waals surface area contributed by atoms with Gasteiger partial charge in [0.25, 0.3) is 6.43 Å². The molecule has 2 fully saturated rings. The van der Waals surface area contributed by atoms with E-state index in [-0.39, 0.29) is 12.3 Å². The smallest absolute Gasteiger partial charge is 0.254 e. The number of nitrogens with zero attached hydrogens (tertiary/aromatic N) is 3. The van der Waals surface area contributed by atoms with Gasteiger partial charge in [0.1, 0.15) is 6.29 Å². The maximum Gasteiger partial charge on any atom is 0.254 e. The molecule has 2 atom stereocenters. The molecule has 2 aliphatic rings. The van der Waals surface area contributed by atoms with E-state index in [4.69, 9.17) is 4.98 Å². The van der Waals surface area contributed by atoms with Gasteiger partial charge in [0.05, 0.1) is 16.3 Å². The standard InChI is InChI=1S/C18H23F2N5OS/c1-2-11-4-3-5-13-15(11)23-18(27-13)25-8-6-24(7-9-25)17-21-12(16(19)20)10-14(26)22-17/h3-5,12,16-17,21H,2,6-10H2,1H3,(H,22,26). The summed E-state index contributed by atoms with van der Waals surface area (Å²) in [6, 6.07) is 5.19. The zero-order valence-electron chi connectivity index (χ0n) is 15.1. The third-order valence-corrected chi connectivity index (χ3v) is 6.28. The van der Waals surface area contributed by atoms with Crippen LogP contribution < -0.4 is 15.5 Å². The van der Waals surface area contributed by atoms with Crippen LogP contribution in [0.5, 0.6) is 0 Å². The molecule has 3 heterocycles. The van der Waals surface area contributed by atoms with Crippen LogP contribution >= 0.6 is 11.3 Å². The largest absolute Gasteiger partial charge is 0.345 e. The van der Waals surface area contributed by atoms with Crippen LogP contribution in [0.15, 0.2) is 18.2 Å². The van der Waals surface area contributed by atoms with Gasteiger partial charge in [0.15, 0.2) is 5.13 Å². The summed E-state index contributed by atoms with van der Waals surface area (Å²) in [5, 5.41) is 6.63. The fourth-order valence-corrected chi connectivity index (χ4v) is 4.72. The summed E-state index contributed by atoms with van der Waals surface area (Å²) in [5.74, 6) is -0.329. The van der Waals surface area contributed by atoms with Crippen molar-refractivity contribution in [3.05, 3.63) is 23.8 Å². The Morgan fingerprint density at radius 1 is 1.30 bits per heavy atom. The van der Waals surface area contributed by atoms with E-state index in [1.807, 2.05) is 4.90 Å². The third kappa shape index (κ3) is 3.76. The molecule has 9 heteroatoms. The lowest BCUT2D eigenvalue weighted by Crippen LogP contribution is -2.67. The van der Waals surface area contributed by atoms with E-state index in [1.54, 1.807) is 11.3 Å². The molecule has 0 bridgehead atoms. The van der Waals surface area contributed by atoms with Gasteiger partial charge >= 0.3 is 0 Å². The molecule has 0 spiro atoms. The van der Waals surface area contributed by atoms with Crippen molar-refractivity contribution in [2.24, 2.45) is 0 Å². The number of hydrogen-bond acceptors (Lipinski definition) is 6. The Bertz CT molecular complexity index is 821. The van der Waals surface area contributed by atoms with Crippen molar-refractivity contribution < 1.29 is 13.6 Å². The number of piperazine rings is 1. The number of aromatic nitrogens is 1. The van der Waals surface area contributed by atoms with Gasteiger partial charge in [0.2, 0.25) is 5.91 Å². The molecule has 0 radical (unpaired) electrons. The molecule has 2 aliphatic heterocycles. The Morgan fingerprint density at radius 3 is 2.78 bits per heavy atom. The first-order chi connectivity index (χ1) is 13.0. The van der Waals surface area contributed by atoms with Crippen LogP contribution in [-0.2, 0) is 11.2 Å². The monoisotopic (exact) mass is 395 g/mol. The van der Waals surface area contributed by atoms with Crippen molar-refractivity contribution in [2.45, 2.75) is 38.5 Å². The lowest BCUT2D eigenvalue weighted by Gasteiger charge is -2.42. The predicted molar refractivity (Wildman–Crippen MR) is 102 cm³/mol. The highest BCUT2D eigenvalue weighted by atomic mass is 32.1. The number of alkyl halides is 2. The first-order valence-corrected chi connectivity index (χ1v) is 10.1. The zero-order chi connectivity index (χ0) is 19.0. The number of benzene rings is 1. The number of anilines is 1. The quantitative estimate of drug-likeness (QED) is 0.829. The Kier molecular flexibility index (Phi) is 5.25.